The van der Waals surface area contributed by atoms with E-state index < -0.39 is 0 Å². The van der Waals surface area contributed by atoms with Crippen LogP contribution in [0.5, 0.6) is 0 Å². The molecule has 0 radical (unpaired) electrons. The summed E-state index contributed by atoms with van der Waals surface area (Å²) in [5.74, 6) is 0. The van der Waals surface area contributed by atoms with E-state index in [0.717, 1.165) is 4.47 Å². The van der Waals surface area contributed by atoms with Crippen molar-refractivity contribution < 1.29 is 0 Å². The zero-order valence-corrected chi connectivity index (χ0v) is 7.41. The third-order valence-electron chi connectivity index (χ3n) is 1.15. The van der Waals surface area contributed by atoms with Gasteiger partial charge in [-0.25, -0.2) is 9.78 Å². The van der Waals surface area contributed by atoms with Crippen LogP contribution in [-0.4, -0.2) is 9.55 Å². The van der Waals surface area contributed by atoms with Crippen molar-refractivity contribution in [3.8, 4) is 0 Å². The first-order valence-corrected chi connectivity index (χ1v) is 3.86. The second kappa shape index (κ2) is 3.48. The Morgan fingerprint density at radius 1 is 1.82 bits per heavy atom. The van der Waals surface area contributed by atoms with Crippen LogP contribution >= 0.6 is 15.9 Å². The molecule has 0 aliphatic heterocycles. The summed E-state index contributed by atoms with van der Waals surface area (Å²) in [5.41, 5.74) is -0.256. The summed E-state index contributed by atoms with van der Waals surface area (Å²) in [6.45, 7) is 4.02. The fraction of sp³-hybridized carbons (Fsp3) is 0.143. The topological polar surface area (TPSA) is 34.9 Å². The zero-order valence-electron chi connectivity index (χ0n) is 5.83. The molecular weight excluding hydrogens is 208 g/mol. The fourth-order valence-electron chi connectivity index (χ4n) is 0.698. The van der Waals surface area contributed by atoms with Crippen molar-refractivity contribution in [1.82, 2.24) is 9.55 Å². The highest BCUT2D eigenvalue weighted by atomic mass is 79.9. The predicted molar refractivity (Wildman–Crippen MR) is 46.4 cm³/mol. The highest BCUT2D eigenvalue weighted by Crippen LogP contribution is 2.02. The number of halogens is 1. The van der Waals surface area contributed by atoms with Gasteiger partial charge in [0, 0.05) is 18.9 Å². The number of rotatable bonds is 2. The quantitative estimate of drug-likeness (QED) is 0.694. The molecule has 0 spiro atoms. The van der Waals surface area contributed by atoms with Gasteiger partial charge in [0.2, 0.25) is 0 Å². The largest absolute Gasteiger partial charge is 0.347 e. The highest BCUT2D eigenvalue weighted by molar-refractivity contribution is 9.10. The predicted octanol–water partition coefficient (Wildman–Crippen LogP) is 1.19. The van der Waals surface area contributed by atoms with E-state index in [-0.39, 0.29) is 5.69 Å². The van der Waals surface area contributed by atoms with Crippen molar-refractivity contribution in [2.45, 2.75) is 6.54 Å². The van der Waals surface area contributed by atoms with Crippen LogP contribution in [0.2, 0.25) is 0 Å². The molecule has 1 heterocycles. The molecule has 0 N–H and O–H groups in total. The lowest BCUT2D eigenvalue weighted by atomic mass is 10.6. The molecule has 0 aliphatic rings. The molecule has 0 amide bonds. The molecule has 4 heteroatoms. The number of nitrogens with zero attached hydrogens (tertiary/aromatic N) is 2. The Balaban J connectivity index is 3.12. The van der Waals surface area contributed by atoms with Gasteiger partial charge in [-0.1, -0.05) is 6.08 Å². The number of hydrogen-bond acceptors (Lipinski definition) is 2. The van der Waals surface area contributed by atoms with Gasteiger partial charge in [0.15, 0.2) is 0 Å². The van der Waals surface area contributed by atoms with Gasteiger partial charge in [-0.15, -0.1) is 6.58 Å². The van der Waals surface area contributed by atoms with Gasteiger partial charge in [-0.2, -0.15) is 0 Å². The molecule has 1 aromatic heterocycles. The van der Waals surface area contributed by atoms with Crippen LogP contribution in [0.25, 0.3) is 0 Å². The zero-order chi connectivity index (χ0) is 8.27. The Kier molecular flexibility index (Phi) is 2.59. The molecule has 3 nitrogen and oxygen atoms in total. The van der Waals surface area contributed by atoms with Crippen LogP contribution in [0.15, 0.2) is 34.3 Å². The van der Waals surface area contributed by atoms with Crippen molar-refractivity contribution >= 4 is 15.9 Å². The minimum Gasteiger partial charge on any atom is -0.294 e. The van der Waals surface area contributed by atoms with Crippen molar-refractivity contribution in [2.75, 3.05) is 0 Å². The first-order valence-electron chi connectivity index (χ1n) is 3.07. The van der Waals surface area contributed by atoms with E-state index in [9.17, 15) is 4.79 Å². The molecule has 0 bridgehead atoms. The molecular formula is C7H7BrN2O. The van der Waals surface area contributed by atoms with E-state index in [1.54, 1.807) is 12.3 Å². The Morgan fingerprint density at radius 2 is 2.55 bits per heavy atom. The summed E-state index contributed by atoms with van der Waals surface area (Å²) in [4.78, 5) is 14.6. The van der Waals surface area contributed by atoms with Crippen molar-refractivity contribution in [3.63, 3.8) is 0 Å². The standard InChI is InChI=1S/C7H7BrN2O/c1-2-3-10-5-6(8)4-9-7(10)11/h2,4-5H,1,3H2. The smallest absolute Gasteiger partial charge is 0.294 e. The van der Waals surface area contributed by atoms with E-state index in [4.69, 9.17) is 0 Å². The van der Waals surface area contributed by atoms with Gasteiger partial charge in [0.25, 0.3) is 0 Å². The van der Waals surface area contributed by atoms with Crippen LogP contribution < -0.4 is 5.69 Å². The number of hydrogen-bond donors (Lipinski definition) is 0. The van der Waals surface area contributed by atoms with Crippen LogP contribution in [0.4, 0.5) is 0 Å². The number of aromatic nitrogens is 2. The van der Waals surface area contributed by atoms with Crippen molar-refractivity contribution in [3.05, 3.63) is 40.0 Å². The Bertz CT molecular complexity index is 318. The summed E-state index contributed by atoms with van der Waals surface area (Å²) in [6.07, 6.45) is 4.80. The van der Waals surface area contributed by atoms with Crippen LogP contribution in [0.3, 0.4) is 0 Å². The Hall–Kier alpha value is -0.900. The van der Waals surface area contributed by atoms with Crippen LogP contribution in [0.1, 0.15) is 0 Å². The average Bonchev–Trinajstić information content (AvgIpc) is 1.98. The summed E-state index contributed by atoms with van der Waals surface area (Å²) in [6, 6.07) is 0. The third kappa shape index (κ3) is 2.01. The second-order valence-corrected chi connectivity index (χ2v) is 2.91. The highest BCUT2D eigenvalue weighted by Gasteiger charge is 1.93. The van der Waals surface area contributed by atoms with Crippen molar-refractivity contribution in [1.29, 1.82) is 0 Å². The first kappa shape index (κ1) is 8.20. The molecule has 11 heavy (non-hydrogen) atoms. The molecule has 0 saturated heterocycles. The normalized spacial score (nSPS) is 9.55. The van der Waals surface area contributed by atoms with Gasteiger partial charge in [-0.05, 0) is 15.9 Å². The summed E-state index contributed by atoms with van der Waals surface area (Å²) in [7, 11) is 0. The van der Waals surface area contributed by atoms with E-state index >= 15 is 0 Å². The molecule has 0 unspecified atom stereocenters. The molecule has 1 rings (SSSR count). The number of allylic oxidation sites excluding steroid dienone is 1. The molecule has 0 fully saturated rings. The van der Waals surface area contributed by atoms with E-state index in [0.29, 0.717) is 6.54 Å². The maximum absolute atomic E-state index is 10.9. The van der Waals surface area contributed by atoms with Gasteiger partial charge in [-0.3, -0.25) is 4.57 Å². The fourth-order valence-corrected chi connectivity index (χ4v) is 1.05. The molecule has 0 atom stereocenters. The minimum absolute atomic E-state index is 0.256. The van der Waals surface area contributed by atoms with E-state index in [1.165, 1.54) is 10.8 Å². The second-order valence-electron chi connectivity index (χ2n) is 2.00. The van der Waals surface area contributed by atoms with Crippen LogP contribution in [-0.2, 0) is 6.54 Å². The van der Waals surface area contributed by atoms with Gasteiger partial charge in [0.1, 0.15) is 0 Å². The maximum atomic E-state index is 10.9. The molecule has 1 aromatic rings. The first-order chi connectivity index (χ1) is 5.24. The lowest BCUT2D eigenvalue weighted by Gasteiger charge is -1.98. The molecule has 0 saturated carbocycles. The van der Waals surface area contributed by atoms with E-state index in [1.807, 2.05) is 0 Å². The Labute approximate surface area is 72.5 Å². The summed E-state index contributed by atoms with van der Waals surface area (Å²) >= 11 is 3.21. The minimum atomic E-state index is -0.256. The SMILES string of the molecule is C=CCn1cc(Br)cnc1=O. The summed E-state index contributed by atoms with van der Waals surface area (Å²) in [5, 5.41) is 0. The lowest BCUT2D eigenvalue weighted by Crippen LogP contribution is -2.20. The van der Waals surface area contributed by atoms with Gasteiger partial charge < -0.3 is 0 Å². The van der Waals surface area contributed by atoms with E-state index in [2.05, 4.69) is 27.5 Å². The maximum Gasteiger partial charge on any atom is 0.347 e. The van der Waals surface area contributed by atoms with Gasteiger partial charge >= 0.3 is 5.69 Å². The summed E-state index contributed by atoms with van der Waals surface area (Å²) < 4.78 is 2.26. The average molecular weight is 215 g/mol. The van der Waals surface area contributed by atoms with Gasteiger partial charge in [0.05, 0.1) is 4.47 Å². The van der Waals surface area contributed by atoms with Crippen LogP contribution in [0, 0.1) is 0 Å². The van der Waals surface area contributed by atoms with Crippen molar-refractivity contribution in [2.24, 2.45) is 0 Å². The monoisotopic (exact) mass is 214 g/mol. The Morgan fingerprint density at radius 3 is 3.18 bits per heavy atom. The molecule has 0 aromatic carbocycles. The third-order valence-corrected chi connectivity index (χ3v) is 1.56. The molecule has 58 valence electrons. The molecule has 0 aliphatic carbocycles. The lowest BCUT2D eigenvalue weighted by molar-refractivity contribution is 0.740.